The number of rotatable bonds is 6. The number of aromatic nitrogens is 3. The van der Waals surface area contributed by atoms with Crippen LogP contribution < -0.4 is 5.32 Å². The van der Waals surface area contributed by atoms with Gasteiger partial charge in [0.05, 0.1) is 4.92 Å². The van der Waals surface area contributed by atoms with Crippen LogP contribution in [0.25, 0.3) is 11.4 Å². The second-order valence-corrected chi connectivity index (χ2v) is 4.95. The fourth-order valence-electron chi connectivity index (χ4n) is 2.15. The van der Waals surface area contributed by atoms with Crippen molar-refractivity contribution in [2.75, 3.05) is 11.9 Å². The third-order valence-electron chi connectivity index (χ3n) is 3.33. The van der Waals surface area contributed by atoms with E-state index in [1.54, 1.807) is 12.1 Å². The average molecular weight is 309 g/mol. The number of nitro benzene ring substituents is 1. The van der Waals surface area contributed by atoms with Crippen LogP contribution in [0.15, 0.2) is 54.6 Å². The summed E-state index contributed by atoms with van der Waals surface area (Å²) in [5, 5.41) is 21.0. The molecule has 2 N–H and O–H groups in total. The molecular formula is C16H15N5O2. The minimum atomic E-state index is -0.428. The third-order valence-corrected chi connectivity index (χ3v) is 3.33. The van der Waals surface area contributed by atoms with Crippen molar-refractivity contribution in [1.29, 1.82) is 0 Å². The number of aromatic amines is 1. The normalized spacial score (nSPS) is 10.4. The fourth-order valence-corrected chi connectivity index (χ4v) is 2.15. The fraction of sp³-hybridized carbons (Fsp3) is 0.125. The molecule has 3 rings (SSSR count). The summed E-state index contributed by atoms with van der Waals surface area (Å²) in [6.07, 6.45) is 0.703. The smallest absolute Gasteiger partial charge is 0.269 e. The van der Waals surface area contributed by atoms with Gasteiger partial charge in [-0.05, 0) is 24.3 Å². The highest BCUT2D eigenvalue weighted by molar-refractivity contribution is 5.56. The van der Waals surface area contributed by atoms with Gasteiger partial charge in [0.25, 0.3) is 5.69 Å². The van der Waals surface area contributed by atoms with E-state index >= 15 is 0 Å². The van der Waals surface area contributed by atoms with Gasteiger partial charge in [0.1, 0.15) is 5.82 Å². The Morgan fingerprint density at radius 3 is 2.52 bits per heavy atom. The topological polar surface area (TPSA) is 96.7 Å². The van der Waals surface area contributed by atoms with Gasteiger partial charge in [0, 0.05) is 36.3 Å². The van der Waals surface area contributed by atoms with Gasteiger partial charge < -0.3 is 5.32 Å². The number of hydrogen-bond donors (Lipinski definition) is 2. The second kappa shape index (κ2) is 6.69. The number of H-pyrrole nitrogens is 1. The zero-order chi connectivity index (χ0) is 16.1. The zero-order valence-electron chi connectivity index (χ0n) is 12.3. The van der Waals surface area contributed by atoms with E-state index in [4.69, 9.17) is 0 Å². The van der Waals surface area contributed by atoms with Gasteiger partial charge in [-0.3, -0.25) is 15.2 Å². The lowest BCUT2D eigenvalue weighted by molar-refractivity contribution is -0.384. The molecule has 23 heavy (non-hydrogen) atoms. The van der Waals surface area contributed by atoms with Crippen LogP contribution in [0.5, 0.6) is 0 Å². The lowest BCUT2D eigenvalue weighted by Crippen LogP contribution is -2.05. The first-order valence-corrected chi connectivity index (χ1v) is 7.17. The van der Waals surface area contributed by atoms with E-state index in [0.29, 0.717) is 12.2 Å². The van der Waals surface area contributed by atoms with Gasteiger partial charge >= 0.3 is 0 Å². The van der Waals surface area contributed by atoms with Crippen molar-refractivity contribution >= 4 is 11.4 Å². The maximum Gasteiger partial charge on any atom is 0.269 e. The summed E-state index contributed by atoms with van der Waals surface area (Å²) < 4.78 is 0. The number of benzene rings is 2. The molecule has 0 amide bonds. The molecule has 0 radical (unpaired) electrons. The Kier molecular flexibility index (Phi) is 4.28. The van der Waals surface area contributed by atoms with E-state index in [1.165, 1.54) is 12.1 Å². The monoisotopic (exact) mass is 309 g/mol. The zero-order valence-corrected chi connectivity index (χ0v) is 12.3. The van der Waals surface area contributed by atoms with Crippen LogP contribution in [-0.2, 0) is 6.42 Å². The Morgan fingerprint density at radius 1 is 1.09 bits per heavy atom. The van der Waals surface area contributed by atoms with Crippen molar-refractivity contribution in [3.63, 3.8) is 0 Å². The summed E-state index contributed by atoms with van der Waals surface area (Å²) in [4.78, 5) is 14.6. The first kappa shape index (κ1) is 14.7. The van der Waals surface area contributed by atoms with Crippen LogP contribution in [-0.4, -0.2) is 26.6 Å². The molecule has 0 atom stereocenters. The molecule has 0 aliphatic carbocycles. The Hall–Kier alpha value is -3.22. The summed E-state index contributed by atoms with van der Waals surface area (Å²) in [7, 11) is 0. The molecule has 116 valence electrons. The van der Waals surface area contributed by atoms with Crippen LogP contribution in [0, 0.1) is 10.1 Å². The van der Waals surface area contributed by atoms with E-state index in [-0.39, 0.29) is 5.69 Å². The first-order chi connectivity index (χ1) is 11.2. The van der Waals surface area contributed by atoms with Gasteiger partial charge in [0.2, 0.25) is 0 Å². The average Bonchev–Trinajstić information content (AvgIpc) is 3.05. The summed E-state index contributed by atoms with van der Waals surface area (Å²) in [6.45, 7) is 0.735. The van der Waals surface area contributed by atoms with Gasteiger partial charge in [-0.25, -0.2) is 4.98 Å². The van der Waals surface area contributed by atoms with E-state index in [2.05, 4.69) is 20.5 Å². The second-order valence-electron chi connectivity index (χ2n) is 4.95. The molecule has 7 nitrogen and oxygen atoms in total. The number of nitrogens with one attached hydrogen (secondary N) is 2. The highest BCUT2D eigenvalue weighted by Gasteiger charge is 2.09. The number of nitrogens with zero attached hydrogens (tertiary/aromatic N) is 3. The lowest BCUT2D eigenvalue weighted by Gasteiger charge is -2.03. The predicted octanol–water partition coefficient (Wildman–Crippen LogP) is 3.03. The quantitative estimate of drug-likeness (QED) is 0.539. The van der Waals surface area contributed by atoms with Crippen LogP contribution in [0.2, 0.25) is 0 Å². The molecule has 0 unspecified atom stereocenters. The van der Waals surface area contributed by atoms with Gasteiger partial charge in [0.15, 0.2) is 5.82 Å². The molecule has 0 aliphatic rings. The number of nitro groups is 1. The van der Waals surface area contributed by atoms with Gasteiger partial charge in [-0.15, -0.1) is 0 Å². The highest BCUT2D eigenvalue weighted by atomic mass is 16.6. The number of non-ortho nitro benzene ring substituents is 1. The minimum Gasteiger partial charge on any atom is -0.385 e. The minimum absolute atomic E-state index is 0.0524. The Bertz CT molecular complexity index is 784. The van der Waals surface area contributed by atoms with Crippen molar-refractivity contribution in [2.24, 2.45) is 0 Å². The van der Waals surface area contributed by atoms with Gasteiger partial charge in [-0.1, -0.05) is 18.2 Å². The van der Waals surface area contributed by atoms with E-state index in [9.17, 15) is 10.1 Å². The summed E-state index contributed by atoms with van der Waals surface area (Å²) in [6, 6.07) is 16.1. The van der Waals surface area contributed by atoms with Gasteiger partial charge in [-0.2, -0.15) is 5.10 Å². The molecular weight excluding hydrogens is 294 g/mol. The molecule has 1 aromatic heterocycles. The predicted molar refractivity (Wildman–Crippen MR) is 87.1 cm³/mol. The molecule has 7 heteroatoms. The SMILES string of the molecule is O=[N+]([O-])c1ccc(-c2n[nH]c(CCNc3ccccc3)n2)cc1. The molecule has 1 heterocycles. The molecule has 0 saturated heterocycles. The molecule has 3 aromatic rings. The number of hydrogen-bond acceptors (Lipinski definition) is 5. The summed E-state index contributed by atoms with van der Waals surface area (Å²) in [5.74, 6) is 1.30. The summed E-state index contributed by atoms with van der Waals surface area (Å²) >= 11 is 0. The molecule has 0 saturated carbocycles. The molecule has 0 spiro atoms. The van der Waals surface area contributed by atoms with Crippen LogP contribution in [0.3, 0.4) is 0 Å². The Balaban J connectivity index is 1.60. The van der Waals surface area contributed by atoms with Crippen molar-refractivity contribution in [2.45, 2.75) is 6.42 Å². The Morgan fingerprint density at radius 2 is 1.83 bits per heavy atom. The van der Waals surface area contributed by atoms with Crippen LogP contribution >= 0.6 is 0 Å². The standard InChI is InChI=1S/C16H15N5O2/c22-21(23)14-8-6-12(7-9-14)16-18-15(19-20-16)10-11-17-13-4-2-1-3-5-13/h1-9,17H,10-11H2,(H,18,19,20). The van der Waals surface area contributed by atoms with Crippen LogP contribution in [0.4, 0.5) is 11.4 Å². The Labute approximate surface area is 132 Å². The largest absolute Gasteiger partial charge is 0.385 e. The molecule has 0 aliphatic heterocycles. The maximum atomic E-state index is 10.6. The molecule has 0 fully saturated rings. The van der Waals surface area contributed by atoms with Crippen molar-refractivity contribution < 1.29 is 4.92 Å². The lowest BCUT2D eigenvalue weighted by atomic mass is 10.2. The first-order valence-electron chi connectivity index (χ1n) is 7.17. The van der Waals surface area contributed by atoms with E-state index < -0.39 is 4.92 Å². The van der Waals surface area contributed by atoms with Crippen molar-refractivity contribution in [1.82, 2.24) is 15.2 Å². The van der Waals surface area contributed by atoms with E-state index in [1.807, 2.05) is 30.3 Å². The molecule has 2 aromatic carbocycles. The van der Waals surface area contributed by atoms with E-state index in [0.717, 1.165) is 23.6 Å². The van der Waals surface area contributed by atoms with Crippen molar-refractivity contribution in [3.05, 3.63) is 70.5 Å². The highest BCUT2D eigenvalue weighted by Crippen LogP contribution is 2.19. The maximum absolute atomic E-state index is 10.6. The number of anilines is 1. The number of para-hydroxylation sites is 1. The van der Waals surface area contributed by atoms with Crippen LogP contribution in [0.1, 0.15) is 5.82 Å². The summed E-state index contributed by atoms with van der Waals surface area (Å²) in [5.41, 5.74) is 1.85. The van der Waals surface area contributed by atoms with Crippen molar-refractivity contribution in [3.8, 4) is 11.4 Å². The molecule has 0 bridgehead atoms. The third kappa shape index (κ3) is 3.70.